The van der Waals surface area contributed by atoms with Gasteiger partial charge < -0.3 is 4.57 Å². The summed E-state index contributed by atoms with van der Waals surface area (Å²) in [5.41, 5.74) is 0. The summed E-state index contributed by atoms with van der Waals surface area (Å²) in [6.07, 6.45) is 4.78. The Hall–Kier alpha value is -0.940. The molecule has 0 spiro atoms. The maximum absolute atomic E-state index is 5.44. The Kier molecular flexibility index (Phi) is 3.69. The van der Waals surface area contributed by atoms with Crippen LogP contribution in [0.5, 0.6) is 0 Å². The van der Waals surface area contributed by atoms with E-state index in [0.717, 1.165) is 18.8 Å². The van der Waals surface area contributed by atoms with Crippen LogP contribution in [0, 0.1) is 11.8 Å². The molecule has 0 aliphatic carbocycles. The van der Waals surface area contributed by atoms with E-state index in [4.69, 9.17) is 11.6 Å². The molecule has 0 amide bonds. The average molecular weight is 183 g/mol. The van der Waals surface area contributed by atoms with Gasteiger partial charge in [-0.05, 0) is 12.3 Å². The van der Waals surface area contributed by atoms with E-state index < -0.39 is 0 Å². The predicted octanol–water partition coefficient (Wildman–Crippen LogP) is 1.88. The van der Waals surface area contributed by atoms with Gasteiger partial charge in [0.05, 0.1) is 5.88 Å². The third kappa shape index (κ3) is 2.28. The molecule has 0 N–H and O–H groups in total. The molecule has 0 saturated carbocycles. The number of hydrogen-bond acceptors (Lipinski definition) is 1. The summed E-state index contributed by atoms with van der Waals surface area (Å²) in [5, 5.41) is 0. The maximum atomic E-state index is 5.44. The first kappa shape index (κ1) is 9.15. The van der Waals surface area contributed by atoms with E-state index in [1.807, 2.05) is 10.8 Å². The minimum Gasteiger partial charge on any atom is -0.324 e. The van der Waals surface area contributed by atoms with Crippen LogP contribution in [-0.4, -0.2) is 15.4 Å². The fraction of sp³-hybridized carbons (Fsp3) is 0.444. The second-order valence-electron chi connectivity index (χ2n) is 2.38. The number of aryl methyl sites for hydroxylation is 1. The second-order valence-corrected chi connectivity index (χ2v) is 2.65. The largest absolute Gasteiger partial charge is 0.324 e. The van der Waals surface area contributed by atoms with Crippen molar-refractivity contribution in [2.24, 2.45) is 0 Å². The fourth-order valence-corrected chi connectivity index (χ4v) is 1.03. The molecule has 0 fully saturated rings. The van der Waals surface area contributed by atoms with Crippen molar-refractivity contribution in [3.63, 3.8) is 0 Å². The molecule has 1 aromatic rings. The van der Waals surface area contributed by atoms with Gasteiger partial charge in [-0.15, -0.1) is 11.6 Å². The summed E-state index contributed by atoms with van der Waals surface area (Å²) in [4.78, 5) is 4.10. The first-order valence-electron chi connectivity index (χ1n) is 3.94. The Balaban J connectivity index is 2.76. The molecule has 1 heterocycles. The van der Waals surface area contributed by atoms with Crippen LogP contribution >= 0.6 is 11.6 Å². The zero-order valence-electron chi connectivity index (χ0n) is 7.05. The van der Waals surface area contributed by atoms with Crippen molar-refractivity contribution in [2.45, 2.75) is 19.9 Å². The van der Waals surface area contributed by atoms with Crippen molar-refractivity contribution in [1.29, 1.82) is 0 Å². The molecule has 1 aromatic heterocycles. The van der Waals surface area contributed by atoms with Crippen molar-refractivity contribution < 1.29 is 0 Å². The average Bonchev–Trinajstić information content (AvgIpc) is 2.50. The molecule has 1 rings (SSSR count). The number of imidazole rings is 1. The molecule has 2 nitrogen and oxygen atoms in total. The highest BCUT2D eigenvalue weighted by Gasteiger charge is 1.95. The van der Waals surface area contributed by atoms with Crippen LogP contribution in [0.25, 0.3) is 0 Å². The van der Waals surface area contributed by atoms with Gasteiger partial charge in [0.1, 0.15) is 0 Å². The molecular weight excluding hydrogens is 172 g/mol. The zero-order valence-corrected chi connectivity index (χ0v) is 7.80. The Morgan fingerprint density at radius 1 is 1.67 bits per heavy atom. The topological polar surface area (TPSA) is 17.8 Å². The number of hydrogen-bond donors (Lipinski definition) is 0. The summed E-state index contributed by atoms with van der Waals surface area (Å²) in [5.74, 6) is 6.84. The lowest BCUT2D eigenvalue weighted by atomic mass is 10.4. The van der Waals surface area contributed by atoms with E-state index in [0.29, 0.717) is 5.88 Å². The van der Waals surface area contributed by atoms with Crippen molar-refractivity contribution in [3.8, 4) is 11.8 Å². The molecule has 0 atom stereocenters. The summed E-state index contributed by atoms with van der Waals surface area (Å²) in [7, 11) is 0. The molecule has 3 heteroatoms. The first-order valence-corrected chi connectivity index (χ1v) is 4.48. The van der Waals surface area contributed by atoms with Gasteiger partial charge in [-0.25, -0.2) is 4.98 Å². The molecule has 0 aliphatic heterocycles. The normalized spacial score (nSPS) is 9.17. The predicted molar refractivity (Wildman–Crippen MR) is 50.1 cm³/mol. The second kappa shape index (κ2) is 4.84. The highest BCUT2D eigenvalue weighted by Crippen LogP contribution is 1.96. The summed E-state index contributed by atoms with van der Waals surface area (Å²) < 4.78 is 2.03. The van der Waals surface area contributed by atoms with Gasteiger partial charge in [-0.3, -0.25) is 0 Å². The first-order chi connectivity index (χ1) is 5.88. The van der Waals surface area contributed by atoms with E-state index in [9.17, 15) is 0 Å². The lowest BCUT2D eigenvalue weighted by Gasteiger charge is -1.98. The number of alkyl halides is 1. The highest BCUT2D eigenvalue weighted by molar-refractivity contribution is 6.19. The van der Waals surface area contributed by atoms with Gasteiger partial charge in [0, 0.05) is 18.9 Å². The lowest BCUT2D eigenvalue weighted by molar-refractivity contribution is 0.671. The van der Waals surface area contributed by atoms with Crippen LogP contribution in [0.15, 0.2) is 12.4 Å². The third-order valence-corrected chi connectivity index (χ3v) is 1.58. The van der Waals surface area contributed by atoms with Crippen LogP contribution in [0.2, 0.25) is 0 Å². The minimum atomic E-state index is 0.360. The summed E-state index contributed by atoms with van der Waals surface area (Å²) >= 11 is 5.44. The monoisotopic (exact) mass is 182 g/mol. The molecule has 0 unspecified atom stereocenters. The molecule has 0 saturated heterocycles. The van der Waals surface area contributed by atoms with Gasteiger partial charge in [0.15, 0.2) is 5.82 Å². The van der Waals surface area contributed by atoms with Crippen molar-refractivity contribution >= 4 is 11.6 Å². The molecular formula is C9H11ClN2. The van der Waals surface area contributed by atoms with Crippen molar-refractivity contribution in [1.82, 2.24) is 9.55 Å². The number of rotatable bonds is 2. The SMILES string of the molecule is CCCn1ccnc1C#CCCl. The standard InChI is InChI=1S/C9H11ClN2/c1-2-7-12-8-6-11-9(12)4-3-5-10/h6,8H,2,5,7H2,1H3. The highest BCUT2D eigenvalue weighted by atomic mass is 35.5. The third-order valence-electron chi connectivity index (χ3n) is 1.45. The van der Waals surface area contributed by atoms with E-state index in [2.05, 4.69) is 23.7 Å². The van der Waals surface area contributed by atoms with Crippen LogP contribution < -0.4 is 0 Å². The van der Waals surface area contributed by atoms with E-state index >= 15 is 0 Å². The minimum absolute atomic E-state index is 0.360. The van der Waals surface area contributed by atoms with Crippen LogP contribution in [-0.2, 0) is 6.54 Å². The van der Waals surface area contributed by atoms with Gasteiger partial charge in [-0.1, -0.05) is 12.8 Å². The molecule has 12 heavy (non-hydrogen) atoms. The molecule has 0 aliphatic rings. The molecule has 0 bridgehead atoms. The van der Waals surface area contributed by atoms with Gasteiger partial charge >= 0.3 is 0 Å². The quantitative estimate of drug-likeness (QED) is 0.505. The number of halogens is 1. The van der Waals surface area contributed by atoms with E-state index in [-0.39, 0.29) is 0 Å². The van der Waals surface area contributed by atoms with E-state index in [1.165, 1.54) is 0 Å². The fourth-order valence-electron chi connectivity index (χ4n) is 0.967. The Morgan fingerprint density at radius 3 is 3.17 bits per heavy atom. The summed E-state index contributed by atoms with van der Waals surface area (Å²) in [6, 6.07) is 0. The van der Waals surface area contributed by atoms with Crippen molar-refractivity contribution in [2.75, 3.05) is 5.88 Å². The Morgan fingerprint density at radius 2 is 2.50 bits per heavy atom. The Bertz CT molecular complexity index is 293. The van der Waals surface area contributed by atoms with E-state index in [1.54, 1.807) is 6.20 Å². The molecule has 0 radical (unpaired) electrons. The number of nitrogens with zero attached hydrogens (tertiary/aromatic N) is 2. The van der Waals surface area contributed by atoms with Crippen molar-refractivity contribution in [3.05, 3.63) is 18.2 Å². The van der Waals surface area contributed by atoms with Gasteiger partial charge in [0.25, 0.3) is 0 Å². The molecule has 64 valence electrons. The molecule has 0 aromatic carbocycles. The number of aromatic nitrogens is 2. The lowest BCUT2D eigenvalue weighted by Crippen LogP contribution is -1.98. The smallest absolute Gasteiger partial charge is 0.185 e. The van der Waals surface area contributed by atoms with Gasteiger partial charge in [-0.2, -0.15) is 0 Å². The van der Waals surface area contributed by atoms with Crippen LogP contribution in [0.3, 0.4) is 0 Å². The van der Waals surface area contributed by atoms with Crippen LogP contribution in [0.4, 0.5) is 0 Å². The maximum Gasteiger partial charge on any atom is 0.185 e. The van der Waals surface area contributed by atoms with Gasteiger partial charge in [0.2, 0.25) is 0 Å². The Labute approximate surface area is 77.6 Å². The zero-order chi connectivity index (χ0) is 8.81. The van der Waals surface area contributed by atoms with Crippen LogP contribution in [0.1, 0.15) is 19.2 Å². The summed E-state index contributed by atoms with van der Waals surface area (Å²) in [6.45, 7) is 3.09.